The number of nitrogens with one attached hydrogen (secondary N) is 2. The summed E-state index contributed by atoms with van der Waals surface area (Å²) in [6.07, 6.45) is -1.37. The molecule has 9 N–H and O–H groups in total. The van der Waals surface area contributed by atoms with Gasteiger partial charge in [-0.05, 0) is 22.9 Å². The van der Waals surface area contributed by atoms with Crippen LogP contribution in [-0.2, 0) is 4.74 Å². The maximum Gasteiger partial charge on any atom is 0.343 e. The standard InChI is InChI=1S/C20H22N6O5/c21-17-24-15-13(9-27)23-18(22)26-8-14(20(29,30)19(15,26)25-17)31-16(28)12-6-5-10-3-1-2-4-11(10)7-12/h1-7,13-15,27,29-30H,8-9H2,(H2,22,23)(H3,21,24,25)/p+1/t13-,14-,15-,19-/m0/s1. The molecule has 5 rings (SSSR count). The zero-order valence-electron chi connectivity index (χ0n) is 16.4. The van der Waals surface area contributed by atoms with Crippen molar-refractivity contribution in [2.24, 2.45) is 16.5 Å². The molecule has 0 unspecified atom stereocenters. The van der Waals surface area contributed by atoms with Gasteiger partial charge in [-0.1, -0.05) is 30.3 Å². The first-order chi connectivity index (χ1) is 14.8. The van der Waals surface area contributed by atoms with Gasteiger partial charge >= 0.3 is 11.9 Å². The Balaban J connectivity index is 1.48. The third-order valence-electron chi connectivity index (χ3n) is 6.25. The van der Waals surface area contributed by atoms with Crippen molar-refractivity contribution in [2.45, 2.75) is 29.6 Å². The Kier molecular flexibility index (Phi) is 4.13. The summed E-state index contributed by atoms with van der Waals surface area (Å²) in [6, 6.07) is 11.0. The molecule has 1 fully saturated rings. The van der Waals surface area contributed by atoms with Crippen molar-refractivity contribution < 1.29 is 29.8 Å². The quantitative estimate of drug-likeness (QED) is 0.190. The molecule has 0 amide bonds. The Morgan fingerprint density at radius 1 is 1.26 bits per heavy atom. The van der Waals surface area contributed by atoms with Gasteiger partial charge in [0.05, 0.1) is 18.7 Å². The molecule has 3 heterocycles. The van der Waals surface area contributed by atoms with Crippen LogP contribution in [0.2, 0.25) is 0 Å². The highest BCUT2D eigenvalue weighted by atomic mass is 16.6. The summed E-state index contributed by atoms with van der Waals surface area (Å²) in [5.41, 5.74) is 10.5. The molecular formula is C20H23N6O5+. The molecule has 31 heavy (non-hydrogen) atoms. The molecule has 0 bridgehead atoms. The van der Waals surface area contributed by atoms with Crippen molar-refractivity contribution in [1.82, 2.24) is 10.2 Å². The van der Waals surface area contributed by atoms with Crippen molar-refractivity contribution in [2.75, 3.05) is 13.2 Å². The van der Waals surface area contributed by atoms with E-state index in [1.807, 2.05) is 24.3 Å². The molecule has 0 aromatic heterocycles. The van der Waals surface area contributed by atoms with E-state index in [-0.39, 0.29) is 24.0 Å². The van der Waals surface area contributed by atoms with Gasteiger partial charge in [0, 0.05) is 0 Å². The molecule has 0 radical (unpaired) electrons. The number of rotatable bonds is 3. The van der Waals surface area contributed by atoms with E-state index in [0.717, 1.165) is 10.8 Å². The fourth-order valence-electron chi connectivity index (χ4n) is 4.77. The molecule has 162 valence electrons. The first kappa shape index (κ1) is 19.5. The topological polar surface area (TPSA) is 181 Å². The van der Waals surface area contributed by atoms with E-state index in [9.17, 15) is 20.1 Å². The van der Waals surface area contributed by atoms with E-state index in [0.29, 0.717) is 0 Å². The van der Waals surface area contributed by atoms with Gasteiger partial charge in [0.25, 0.3) is 11.4 Å². The average Bonchev–Trinajstić information content (AvgIpc) is 3.22. The smallest absolute Gasteiger partial charge is 0.343 e. The van der Waals surface area contributed by atoms with E-state index in [4.69, 9.17) is 16.2 Å². The summed E-state index contributed by atoms with van der Waals surface area (Å²) in [5, 5.41) is 36.8. The number of hydrogen-bond donors (Lipinski definition) is 7. The highest BCUT2D eigenvalue weighted by Gasteiger charge is 2.77. The maximum absolute atomic E-state index is 12.9. The number of carbonyl (C=O) groups excluding carboxylic acids is 1. The van der Waals surface area contributed by atoms with Gasteiger partial charge < -0.3 is 25.8 Å². The number of aliphatic hydroxyl groups is 3. The van der Waals surface area contributed by atoms with Crippen LogP contribution in [0.25, 0.3) is 10.8 Å². The Hall–Kier alpha value is -3.41. The fourth-order valence-corrected chi connectivity index (χ4v) is 4.77. The minimum absolute atomic E-state index is 0.0315. The second-order valence-corrected chi connectivity index (χ2v) is 7.96. The van der Waals surface area contributed by atoms with Crippen LogP contribution >= 0.6 is 0 Å². The number of ether oxygens (including phenoxy) is 1. The van der Waals surface area contributed by atoms with Gasteiger partial charge in [-0.2, -0.15) is 0 Å². The fraction of sp³-hybridized carbons (Fsp3) is 0.350. The van der Waals surface area contributed by atoms with Crippen LogP contribution in [0, 0.1) is 0 Å². The highest BCUT2D eigenvalue weighted by molar-refractivity contribution is 5.95. The molecule has 0 aliphatic carbocycles. The average molecular weight is 427 g/mol. The number of guanidine groups is 2. The van der Waals surface area contributed by atoms with Gasteiger partial charge in [-0.3, -0.25) is 15.6 Å². The van der Waals surface area contributed by atoms with E-state index in [1.165, 1.54) is 4.90 Å². The van der Waals surface area contributed by atoms with Crippen molar-refractivity contribution in [3.8, 4) is 0 Å². The molecular weight excluding hydrogens is 404 g/mol. The molecule has 11 heteroatoms. The molecule has 3 aliphatic rings. The molecule has 1 spiro atoms. The minimum Gasteiger partial charge on any atom is -0.451 e. The maximum atomic E-state index is 12.9. The number of nitrogens with two attached hydrogens (primary N) is 2. The SMILES string of the molecule is NC1=N[C@@H](CO)[C@@H]2[NH+]=C(N)N[C@]23N1C[C@H](OC(=O)c1ccc2ccccc2c1)C3(O)O. The molecule has 2 aromatic rings. The molecule has 4 atom stereocenters. The van der Waals surface area contributed by atoms with E-state index >= 15 is 0 Å². The third kappa shape index (κ3) is 2.60. The van der Waals surface area contributed by atoms with E-state index in [1.54, 1.807) is 18.2 Å². The van der Waals surface area contributed by atoms with Crippen molar-refractivity contribution in [3.63, 3.8) is 0 Å². The summed E-state index contributed by atoms with van der Waals surface area (Å²) in [6.45, 7) is -0.543. The first-order valence-electron chi connectivity index (χ1n) is 9.81. The van der Waals surface area contributed by atoms with Crippen LogP contribution in [0.1, 0.15) is 10.4 Å². The number of esters is 1. The number of nitrogens with zero attached hydrogens (tertiary/aromatic N) is 2. The molecule has 11 nitrogen and oxygen atoms in total. The van der Waals surface area contributed by atoms with Gasteiger partial charge in [0.2, 0.25) is 0 Å². The summed E-state index contributed by atoms with van der Waals surface area (Å²) in [7, 11) is 0. The zero-order chi connectivity index (χ0) is 22.0. The summed E-state index contributed by atoms with van der Waals surface area (Å²) >= 11 is 0. The molecule has 3 aliphatic heterocycles. The zero-order valence-corrected chi connectivity index (χ0v) is 16.4. The van der Waals surface area contributed by atoms with Crippen LogP contribution in [0.15, 0.2) is 47.5 Å². The number of carbonyl (C=O) groups is 1. The third-order valence-corrected chi connectivity index (χ3v) is 6.25. The van der Waals surface area contributed by atoms with E-state index in [2.05, 4.69) is 15.3 Å². The second kappa shape index (κ2) is 6.54. The Bertz CT molecular complexity index is 1130. The lowest BCUT2D eigenvalue weighted by Crippen LogP contribution is -2.90. The summed E-state index contributed by atoms with van der Waals surface area (Å²) in [4.78, 5) is 21.4. The normalized spacial score (nSPS) is 30.8. The van der Waals surface area contributed by atoms with Gasteiger partial charge in [-0.15, -0.1) is 0 Å². The Morgan fingerprint density at radius 2 is 2.00 bits per heavy atom. The van der Waals surface area contributed by atoms with Crippen molar-refractivity contribution >= 4 is 28.7 Å². The number of fused-ring (bicyclic) bond motifs is 1. The highest BCUT2D eigenvalue weighted by Crippen LogP contribution is 2.42. The number of hydrogen-bond acceptors (Lipinski definition) is 10. The second-order valence-electron chi connectivity index (χ2n) is 7.96. The van der Waals surface area contributed by atoms with Crippen LogP contribution in [0.3, 0.4) is 0 Å². The molecule has 0 saturated carbocycles. The van der Waals surface area contributed by atoms with E-state index < -0.39 is 42.2 Å². The van der Waals surface area contributed by atoms with Gasteiger partial charge in [0.15, 0.2) is 18.1 Å². The number of aliphatic hydroxyl groups excluding tert-OH is 1. The van der Waals surface area contributed by atoms with Gasteiger partial charge in [0.1, 0.15) is 6.04 Å². The summed E-state index contributed by atoms with van der Waals surface area (Å²) in [5.74, 6) is -3.29. The van der Waals surface area contributed by atoms with Gasteiger partial charge in [-0.25, -0.2) is 15.1 Å². The predicted octanol–water partition coefficient (Wildman–Crippen LogP) is -3.89. The van der Waals surface area contributed by atoms with Crippen molar-refractivity contribution in [3.05, 3.63) is 48.0 Å². The first-order valence-corrected chi connectivity index (χ1v) is 9.81. The lowest BCUT2D eigenvalue weighted by atomic mass is 9.86. The number of benzene rings is 2. The molecule has 2 aromatic carbocycles. The summed E-state index contributed by atoms with van der Waals surface area (Å²) < 4.78 is 5.54. The molecule has 1 saturated heterocycles. The van der Waals surface area contributed by atoms with Crippen LogP contribution in [-0.4, -0.2) is 80.9 Å². The van der Waals surface area contributed by atoms with Crippen LogP contribution in [0.4, 0.5) is 0 Å². The van der Waals surface area contributed by atoms with Crippen LogP contribution in [0.5, 0.6) is 0 Å². The largest absolute Gasteiger partial charge is 0.451 e. The Morgan fingerprint density at radius 3 is 2.74 bits per heavy atom. The lowest BCUT2D eigenvalue weighted by molar-refractivity contribution is -0.523. The number of aliphatic imine (C=N–C) groups is 1. The lowest BCUT2D eigenvalue weighted by Gasteiger charge is -2.45. The minimum atomic E-state index is -2.60. The van der Waals surface area contributed by atoms with Crippen molar-refractivity contribution in [1.29, 1.82) is 0 Å². The van der Waals surface area contributed by atoms with Crippen LogP contribution < -0.4 is 21.8 Å². The predicted molar refractivity (Wildman–Crippen MR) is 109 cm³/mol. The monoisotopic (exact) mass is 427 g/mol. The Labute approximate surface area is 176 Å².